The zero-order valence-corrected chi connectivity index (χ0v) is 16.2. The Kier molecular flexibility index (Phi) is 5.82. The summed E-state index contributed by atoms with van der Waals surface area (Å²) in [6.45, 7) is 3.75. The molecule has 1 aromatic carbocycles. The number of rotatable bonds is 5. The first kappa shape index (κ1) is 21.1. The molecule has 1 N–H and O–H groups in total. The molecule has 1 heterocycles. The third kappa shape index (κ3) is 4.36. The second kappa shape index (κ2) is 8.00. The van der Waals surface area contributed by atoms with Gasteiger partial charge in [0.05, 0.1) is 17.4 Å². The number of fused-ring (bicyclic) bond motifs is 1. The predicted molar refractivity (Wildman–Crippen MR) is 101 cm³/mol. The zero-order valence-electron chi connectivity index (χ0n) is 16.2. The number of carbonyl (C=O) groups excluding carboxylic acids is 3. The highest BCUT2D eigenvalue weighted by molar-refractivity contribution is 6.10. The van der Waals surface area contributed by atoms with E-state index in [-0.39, 0.29) is 29.8 Å². The lowest BCUT2D eigenvalue weighted by atomic mass is 9.85. The average Bonchev–Trinajstić information content (AvgIpc) is 2.90. The van der Waals surface area contributed by atoms with Crippen LogP contribution in [0.25, 0.3) is 0 Å². The number of alkyl halides is 3. The van der Waals surface area contributed by atoms with E-state index < -0.39 is 35.5 Å². The van der Waals surface area contributed by atoms with Crippen LogP contribution in [0.1, 0.15) is 38.7 Å². The number of halogens is 3. The number of likely N-dealkylation sites (tertiary alicyclic amines) is 1. The van der Waals surface area contributed by atoms with Gasteiger partial charge in [0.1, 0.15) is 6.04 Å². The molecular formula is C21H23F3N2O3. The van der Waals surface area contributed by atoms with Crippen molar-refractivity contribution >= 4 is 23.4 Å². The van der Waals surface area contributed by atoms with E-state index in [0.29, 0.717) is 12.8 Å². The monoisotopic (exact) mass is 408 g/mol. The summed E-state index contributed by atoms with van der Waals surface area (Å²) in [4.78, 5) is 39.7. The molecule has 156 valence electrons. The van der Waals surface area contributed by atoms with E-state index in [1.807, 2.05) is 26.0 Å². The number of anilines is 1. The lowest BCUT2D eigenvalue weighted by Crippen LogP contribution is -2.48. The molecule has 1 fully saturated rings. The van der Waals surface area contributed by atoms with E-state index in [0.717, 1.165) is 29.2 Å². The van der Waals surface area contributed by atoms with Crippen molar-refractivity contribution in [3.8, 4) is 0 Å². The van der Waals surface area contributed by atoms with E-state index in [4.69, 9.17) is 0 Å². The van der Waals surface area contributed by atoms with Crippen molar-refractivity contribution in [2.45, 2.75) is 45.3 Å². The Morgan fingerprint density at radius 1 is 1.07 bits per heavy atom. The van der Waals surface area contributed by atoms with Crippen molar-refractivity contribution in [3.05, 3.63) is 42.0 Å². The highest BCUT2D eigenvalue weighted by Crippen LogP contribution is 2.37. The van der Waals surface area contributed by atoms with Gasteiger partial charge in [-0.3, -0.25) is 19.3 Å². The number of imide groups is 1. The Morgan fingerprint density at radius 3 is 2.03 bits per heavy atom. The molecule has 0 spiro atoms. The number of carbonyl (C=O) groups is 3. The SMILES string of the molecule is CC(C)CC(C(=O)Nc1ccc(C(F)(F)F)cc1)N1C(=O)C2CC=CCC2C1=O. The van der Waals surface area contributed by atoms with Crippen LogP contribution >= 0.6 is 0 Å². The molecular weight excluding hydrogens is 385 g/mol. The zero-order chi connectivity index (χ0) is 21.3. The minimum atomic E-state index is -4.47. The number of hydrogen-bond donors (Lipinski definition) is 1. The van der Waals surface area contributed by atoms with Gasteiger partial charge < -0.3 is 5.32 Å². The summed E-state index contributed by atoms with van der Waals surface area (Å²) in [6, 6.07) is 3.07. The maximum atomic E-state index is 12.9. The van der Waals surface area contributed by atoms with Crippen molar-refractivity contribution < 1.29 is 27.6 Å². The number of hydrogen-bond acceptors (Lipinski definition) is 3. The van der Waals surface area contributed by atoms with Crippen LogP contribution in [0.3, 0.4) is 0 Å². The summed E-state index contributed by atoms with van der Waals surface area (Å²) < 4.78 is 38.1. The summed E-state index contributed by atoms with van der Waals surface area (Å²) in [6.07, 6.45) is 0.491. The smallest absolute Gasteiger partial charge is 0.324 e. The average molecular weight is 408 g/mol. The fourth-order valence-corrected chi connectivity index (χ4v) is 3.88. The molecule has 3 unspecified atom stereocenters. The van der Waals surface area contributed by atoms with E-state index in [9.17, 15) is 27.6 Å². The molecule has 1 saturated heterocycles. The topological polar surface area (TPSA) is 66.5 Å². The van der Waals surface area contributed by atoms with E-state index in [1.54, 1.807) is 0 Å². The maximum Gasteiger partial charge on any atom is 0.416 e. The summed E-state index contributed by atoms with van der Waals surface area (Å²) in [7, 11) is 0. The molecule has 2 aliphatic rings. The van der Waals surface area contributed by atoms with Gasteiger partial charge in [-0.15, -0.1) is 0 Å². The molecule has 5 nitrogen and oxygen atoms in total. The lowest BCUT2D eigenvalue weighted by Gasteiger charge is -2.27. The van der Waals surface area contributed by atoms with Gasteiger partial charge in [-0.25, -0.2) is 0 Å². The van der Waals surface area contributed by atoms with E-state index in [1.165, 1.54) is 0 Å². The maximum absolute atomic E-state index is 12.9. The van der Waals surface area contributed by atoms with Crippen LogP contribution in [0.2, 0.25) is 0 Å². The largest absolute Gasteiger partial charge is 0.416 e. The first-order chi connectivity index (χ1) is 13.6. The van der Waals surface area contributed by atoms with Gasteiger partial charge in [0.25, 0.3) is 0 Å². The molecule has 3 amide bonds. The Morgan fingerprint density at radius 2 is 1.59 bits per heavy atom. The van der Waals surface area contributed by atoms with Crippen LogP contribution in [0.4, 0.5) is 18.9 Å². The molecule has 1 aliphatic heterocycles. The Labute approximate surface area is 166 Å². The van der Waals surface area contributed by atoms with Crippen LogP contribution in [-0.4, -0.2) is 28.7 Å². The lowest BCUT2D eigenvalue weighted by molar-refractivity contribution is -0.147. The first-order valence-electron chi connectivity index (χ1n) is 9.59. The Bertz CT molecular complexity index is 805. The Balaban J connectivity index is 1.81. The van der Waals surface area contributed by atoms with Gasteiger partial charge in [0, 0.05) is 5.69 Å². The summed E-state index contributed by atoms with van der Waals surface area (Å²) in [5.74, 6) is -2.14. The first-order valence-corrected chi connectivity index (χ1v) is 9.59. The highest BCUT2D eigenvalue weighted by atomic mass is 19.4. The van der Waals surface area contributed by atoms with Gasteiger partial charge in [0.15, 0.2) is 0 Å². The van der Waals surface area contributed by atoms with E-state index >= 15 is 0 Å². The number of amides is 3. The molecule has 1 aromatic rings. The molecule has 1 aliphatic carbocycles. The number of allylic oxidation sites excluding steroid dienone is 2. The second-order valence-corrected chi connectivity index (χ2v) is 7.91. The summed E-state index contributed by atoms with van der Waals surface area (Å²) in [5.41, 5.74) is -0.648. The fourth-order valence-electron chi connectivity index (χ4n) is 3.88. The molecule has 29 heavy (non-hydrogen) atoms. The van der Waals surface area contributed by atoms with Crippen LogP contribution in [0.5, 0.6) is 0 Å². The molecule has 3 rings (SSSR count). The molecule has 0 bridgehead atoms. The molecule has 0 aromatic heterocycles. The van der Waals surface area contributed by atoms with Crippen molar-refractivity contribution in [2.24, 2.45) is 17.8 Å². The molecule has 8 heteroatoms. The minimum absolute atomic E-state index is 0.0275. The third-order valence-corrected chi connectivity index (χ3v) is 5.33. The molecule has 0 radical (unpaired) electrons. The van der Waals surface area contributed by atoms with Crippen molar-refractivity contribution in [2.75, 3.05) is 5.32 Å². The summed E-state index contributed by atoms with van der Waals surface area (Å²) in [5, 5.41) is 2.56. The Hall–Kier alpha value is -2.64. The highest BCUT2D eigenvalue weighted by Gasteiger charge is 2.51. The standard InChI is InChI=1S/C21H23F3N2O3/c1-12(2)11-17(26-19(28)15-5-3-4-6-16(15)20(26)29)18(27)25-14-9-7-13(8-10-14)21(22,23)24/h3-4,7-10,12,15-17H,5-6,11H2,1-2H3,(H,25,27). The normalized spacial score (nSPS) is 22.8. The molecule has 3 atom stereocenters. The third-order valence-electron chi connectivity index (χ3n) is 5.33. The number of nitrogens with one attached hydrogen (secondary N) is 1. The van der Waals surface area contributed by atoms with Gasteiger partial charge in [0.2, 0.25) is 17.7 Å². The van der Waals surface area contributed by atoms with Gasteiger partial charge in [-0.05, 0) is 49.4 Å². The second-order valence-electron chi connectivity index (χ2n) is 7.91. The fraction of sp³-hybridized carbons (Fsp3) is 0.476. The molecule has 0 saturated carbocycles. The van der Waals surface area contributed by atoms with Crippen LogP contribution in [-0.2, 0) is 20.6 Å². The van der Waals surface area contributed by atoms with Crippen LogP contribution in [0.15, 0.2) is 36.4 Å². The quantitative estimate of drug-likeness (QED) is 0.591. The van der Waals surface area contributed by atoms with E-state index in [2.05, 4.69) is 5.32 Å². The minimum Gasteiger partial charge on any atom is -0.324 e. The van der Waals surface area contributed by atoms with Gasteiger partial charge in [-0.1, -0.05) is 26.0 Å². The van der Waals surface area contributed by atoms with Crippen LogP contribution in [0, 0.1) is 17.8 Å². The van der Waals surface area contributed by atoms with Crippen LogP contribution < -0.4 is 5.32 Å². The number of nitrogens with zero attached hydrogens (tertiary/aromatic N) is 1. The predicted octanol–water partition coefficient (Wildman–Crippen LogP) is 4.01. The van der Waals surface area contributed by atoms with Crippen molar-refractivity contribution in [1.82, 2.24) is 4.90 Å². The van der Waals surface area contributed by atoms with Crippen molar-refractivity contribution in [1.29, 1.82) is 0 Å². The number of benzene rings is 1. The van der Waals surface area contributed by atoms with Crippen molar-refractivity contribution in [3.63, 3.8) is 0 Å². The van der Waals surface area contributed by atoms with Gasteiger partial charge in [-0.2, -0.15) is 13.2 Å². The summed E-state index contributed by atoms with van der Waals surface area (Å²) >= 11 is 0. The van der Waals surface area contributed by atoms with Gasteiger partial charge >= 0.3 is 6.18 Å².